The van der Waals surface area contributed by atoms with Crippen molar-refractivity contribution in [2.45, 2.75) is 70.5 Å². The number of likely N-dealkylation sites (tertiary alicyclic amines) is 1. The van der Waals surface area contributed by atoms with Gasteiger partial charge in [-0.3, -0.25) is 9.69 Å². The molecule has 0 unspecified atom stereocenters. The SMILES string of the molecule is CCc1ccc(NC(=O)CN2CCC(OC3CCCCC3)CC2)cc1. The molecule has 4 heteroatoms. The number of rotatable bonds is 6. The topological polar surface area (TPSA) is 41.6 Å². The van der Waals surface area contributed by atoms with Crippen LogP contribution in [0.1, 0.15) is 57.4 Å². The molecule has 1 amide bonds. The van der Waals surface area contributed by atoms with Crippen LogP contribution < -0.4 is 5.32 Å². The van der Waals surface area contributed by atoms with Gasteiger partial charge in [-0.25, -0.2) is 0 Å². The third kappa shape index (κ3) is 5.82. The molecule has 2 aliphatic rings. The Labute approximate surface area is 151 Å². The van der Waals surface area contributed by atoms with Crippen LogP contribution in [0.15, 0.2) is 24.3 Å². The molecule has 1 aromatic carbocycles. The van der Waals surface area contributed by atoms with Gasteiger partial charge in [0.1, 0.15) is 0 Å². The van der Waals surface area contributed by atoms with Gasteiger partial charge in [-0.1, -0.05) is 38.3 Å². The average molecular weight is 344 g/mol. The van der Waals surface area contributed by atoms with Crippen LogP contribution in [0.4, 0.5) is 5.69 Å². The van der Waals surface area contributed by atoms with E-state index in [4.69, 9.17) is 4.74 Å². The molecule has 0 bridgehead atoms. The number of hydrogen-bond donors (Lipinski definition) is 1. The first-order valence-electron chi connectivity index (χ1n) is 9.99. The van der Waals surface area contributed by atoms with Crippen LogP contribution in [0.25, 0.3) is 0 Å². The molecule has 1 N–H and O–H groups in total. The third-order valence-corrected chi connectivity index (χ3v) is 5.48. The quantitative estimate of drug-likeness (QED) is 0.848. The zero-order valence-corrected chi connectivity index (χ0v) is 15.5. The Bertz CT molecular complexity index is 529. The van der Waals surface area contributed by atoms with Crippen LogP contribution in [0.2, 0.25) is 0 Å². The molecule has 2 fully saturated rings. The number of nitrogens with zero attached hydrogens (tertiary/aromatic N) is 1. The number of ether oxygens (including phenoxy) is 1. The van der Waals surface area contributed by atoms with Crippen molar-refractivity contribution >= 4 is 11.6 Å². The standard InChI is InChI=1S/C21H32N2O2/c1-2-17-8-10-18(11-9-17)22-21(24)16-23-14-12-20(13-15-23)25-19-6-4-3-5-7-19/h8-11,19-20H,2-7,12-16H2,1H3,(H,22,24). The van der Waals surface area contributed by atoms with Gasteiger partial charge in [-0.2, -0.15) is 0 Å². The number of aryl methyl sites for hydroxylation is 1. The lowest BCUT2D eigenvalue weighted by atomic mass is 9.97. The highest BCUT2D eigenvalue weighted by molar-refractivity contribution is 5.92. The predicted octanol–water partition coefficient (Wildman–Crippen LogP) is 4.00. The minimum Gasteiger partial charge on any atom is -0.375 e. The van der Waals surface area contributed by atoms with Crippen molar-refractivity contribution in [3.05, 3.63) is 29.8 Å². The second-order valence-corrected chi connectivity index (χ2v) is 7.47. The van der Waals surface area contributed by atoms with Gasteiger partial charge in [0.25, 0.3) is 0 Å². The Kier molecular flexibility index (Phi) is 6.88. The second-order valence-electron chi connectivity index (χ2n) is 7.47. The van der Waals surface area contributed by atoms with E-state index in [1.165, 1.54) is 37.7 Å². The van der Waals surface area contributed by atoms with Crippen LogP contribution >= 0.6 is 0 Å². The van der Waals surface area contributed by atoms with Crippen LogP contribution in [-0.2, 0) is 16.0 Å². The molecule has 4 nitrogen and oxygen atoms in total. The Balaban J connectivity index is 1.36. The van der Waals surface area contributed by atoms with E-state index in [1.807, 2.05) is 12.1 Å². The monoisotopic (exact) mass is 344 g/mol. The van der Waals surface area contributed by atoms with Crippen LogP contribution in [0.5, 0.6) is 0 Å². The molecule has 138 valence electrons. The lowest BCUT2D eigenvalue weighted by Gasteiger charge is -2.34. The number of nitrogens with one attached hydrogen (secondary N) is 1. The number of anilines is 1. The van der Waals surface area contributed by atoms with E-state index >= 15 is 0 Å². The number of carbonyl (C=O) groups excluding carboxylic acids is 1. The van der Waals surface area contributed by atoms with Gasteiger partial charge >= 0.3 is 0 Å². The fourth-order valence-corrected chi connectivity index (χ4v) is 3.90. The highest BCUT2D eigenvalue weighted by Crippen LogP contribution is 2.24. The molecular formula is C21H32N2O2. The summed E-state index contributed by atoms with van der Waals surface area (Å²) in [7, 11) is 0. The molecule has 1 aliphatic carbocycles. The van der Waals surface area contributed by atoms with Crippen molar-refractivity contribution in [2.24, 2.45) is 0 Å². The normalized spacial score (nSPS) is 20.5. The molecule has 1 saturated carbocycles. The minimum absolute atomic E-state index is 0.0795. The fraction of sp³-hybridized carbons (Fsp3) is 0.667. The van der Waals surface area contributed by atoms with Crippen molar-refractivity contribution < 1.29 is 9.53 Å². The summed E-state index contributed by atoms with van der Waals surface area (Å²) in [6.07, 6.45) is 10.5. The molecule has 1 aliphatic heterocycles. The number of piperidine rings is 1. The number of hydrogen-bond acceptors (Lipinski definition) is 3. The highest BCUT2D eigenvalue weighted by atomic mass is 16.5. The van der Waals surface area contributed by atoms with E-state index in [1.54, 1.807) is 0 Å². The first kappa shape index (κ1) is 18.4. The molecule has 0 aromatic heterocycles. The molecular weight excluding hydrogens is 312 g/mol. The summed E-state index contributed by atoms with van der Waals surface area (Å²) in [6.45, 7) is 4.53. The molecule has 1 aromatic rings. The van der Waals surface area contributed by atoms with Gasteiger partial charge in [0.15, 0.2) is 0 Å². The van der Waals surface area contributed by atoms with Crippen molar-refractivity contribution in [1.82, 2.24) is 4.90 Å². The van der Waals surface area contributed by atoms with E-state index in [-0.39, 0.29) is 5.91 Å². The second kappa shape index (κ2) is 9.35. The molecule has 0 radical (unpaired) electrons. The van der Waals surface area contributed by atoms with Crippen molar-refractivity contribution in [2.75, 3.05) is 25.0 Å². The molecule has 0 atom stereocenters. The van der Waals surface area contributed by atoms with E-state index < -0.39 is 0 Å². The van der Waals surface area contributed by atoms with Gasteiger partial charge in [-0.15, -0.1) is 0 Å². The number of carbonyl (C=O) groups is 1. The van der Waals surface area contributed by atoms with E-state index in [0.29, 0.717) is 18.8 Å². The summed E-state index contributed by atoms with van der Waals surface area (Å²) in [5.41, 5.74) is 2.18. The smallest absolute Gasteiger partial charge is 0.238 e. The Morgan fingerprint density at radius 1 is 1.04 bits per heavy atom. The molecule has 1 heterocycles. The minimum atomic E-state index is 0.0795. The number of amides is 1. The summed E-state index contributed by atoms with van der Waals surface area (Å²) in [4.78, 5) is 14.5. The van der Waals surface area contributed by atoms with Crippen LogP contribution in [0, 0.1) is 0 Å². The fourth-order valence-electron chi connectivity index (χ4n) is 3.90. The maximum atomic E-state index is 12.2. The summed E-state index contributed by atoms with van der Waals surface area (Å²) in [5.74, 6) is 0.0795. The van der Waals surface area contributed by atoms with Gasteiger partial charge in [0, 0.05) is 18.8 Å². The molecule has 3 rings (SSSR count). The zero-order chi connectivity index (χ0) is 17.5. The zero-order valence-electron chi connectivity index (χ0n) is 15.5. The maximum Gasteiger partial charge on any atom is 0.238 e. The lowest BCUT2D eigenvalue weighted by Crippen LogP contribution is -2.42. The summed E-state index contributed by atoms with van der Waals surface area (Å²) in [5, 5.41) is 3.01. The summed E-state index contributed by atoms with van der Waals surface area (Å²) in [6, 6.07) is 8.12. The predicted molar refractivity (Wildman–Crippen MR) is 102 cm³/mol. The van der Waals surface area contributed by atoms with Crippen LogP contribution in [0.3, 0.4) is 0 Å². The third-order valence-electron chi connectivity index (χ3n) is 5.48. The van der Waals surface area contributed by atoms with Gasteiger partial charge in [-0.05, 0) is 49.8 Å². The van der Waals surface area contributed by atoms with Crippen molar-refractivity contribution in [3.8, 4) is 0 Å². The number of benzene rings is 1. The van der Waals surface area contributed by atoms with Crippen molar-refractivity contribution in [1.29, 1.82) is 0 Å². The van der Waals surface area contributed by atoms with Crippen molar-refractivity contribution in [3.63, 3.8) is 0 Å². The van der Waals surface area contributed by atoms with E-state index in [9.17, 15) is 4.79 Å². The molecule has 0 spiro atoms. The highest BCUT2D eigenvalue weighted by Gasteiger charge is 2.24. The summed E-state index contributed by atoms with van der Waals surface area (Å²) < 4.78 is 6.28. The first-order chi connectivity index (χ1) is 12.2. The maximum absolute atomic E-state index is 12.2. The average Bonchev–Trinajstić information content (AvgIpc) is 2.65. The Morgan fingerprint density at radius 2 is 1.68 bits per heavy atom. The van der Waals surface area contributed by atoms with Gasteiger partial charge in [0.2, 0.25) is 5.91 Å². The van der Waals surface area contributed by atoms with Gasteiger partial charge in [0.05, 0.1) is 18.8 Å². The Hall–Kier alpha value is -1.39. The molecule has 1 saturated heterocycles. The Morgan fingerprint density at radius 3 is 2.32 bits per heavy atom. The molecule has 25 heavy (non-hydrogen) atoms. The largest absolute Gasteiger partial charge is 0.375 e. The van der Waals surface area contributed by atoms with Crippen LogP contribution in [-0.4, -0.2) is 42.6 Å². The first-order valence-corrected chi connectivity index (χ1v) is 9.99. The lowest BCUT2D eigenvalue weighted by molar-refractivity contribution is -0.118. The van der Waals surface area contributed by atoms with E-state index in [2.05, 4.69) is 29.3 Å². The van der Waals surface area contributed by atoms with Gasteiger partial charge < -0.3 is 10.1 Å². The van der Waals surface area contributed by atoms with E-state index in [0.717, 1.165) is 38.0 Å². The summed E-state index contributed by atoms with van der Waals surface area (Å²) >= 11 is 0.